The van der Waals surface area contributed by atoms with Crippen molar-refractivity contribution in [2.24, 2.45) is 0 Å². The maximum atomic E-state index is 12.4. The number of ether oxygens (including phenoxy) is 1. The third kappa shape index (κ3) is 49.5. The molecule has 0 aliphatic carbocycles. The lowest BCUT2D eigenvalue weighted by molar-refractivity contribution is -0.143. The Morgan fingerprint density at radius 3 is 1.16 bits per heavy atom. The second-order valence-electron chi connectivity index (χ2n) is 19.3. The van der Waals surface area contributed by atoms with Gasteiger partial charge in [0.25, 0.3) is 0 Å². The molecule has 0 aliphatic heterocycles. The van der Waals surface area contributed by atoms with Crippen LogP contribution in [0.3, 0.4) is 0 Å². The van der Waals surface area contributed by atoms with E-state index in [-0.39, 0.29) is 18.5 Å². The molecule has 0 radical (unpaired) electrons. The standard InChI is InChI=1S/C58H109NO5/c1-3-5-7-9-11-13-15-16-17-21-25-28-32-36-40-44-48-52-58(63)64-53-49-45-41-37-33-29-26-23-20-18-19-22-24-27-31-35-39-43-47-51-57(62)59-55(54-60)56(61)50-46-42-38-34-30-14-12-10-8-6-4-2/h23,26,29,33,46,50,55-56,60-61H,3-22,24-25,27-28,30-32,34-45,47-49,51-54H2,1-2H3,(H,59,62)/b26-23-,33-29-,50-46+. The number of aliphatic hydroxyl groups is 2. The van der Waals surface area contributed by atoms with E-state index in [4.69, 9.17) is 4.74 Å². The fourth-order valence-corrected chi connectivity index (χ4v) is 8.57. The molecule has 0 saturated carbocycles. The lowest BCUT2D eigenvalue weighted by atomic mass is 10.0. The van der Waals surface area contributed by atoms with Crippen molar-refractivity contribution in [3.63, 3.8) is 0 Å². The molecule has 0 aromatic rings. The van der Waals surface area contributed by atoms with E-state index in [0.29, 0.717) is 19.4 Å². The Morgan fingerprint density at radius 1 is 0.438 bits per heavy atom. The van der Waals surface area contributed by atoms with Crippen LogP contribution in [-0.4, -0.2) is 47.4 Å². The fraction of sp³-hybridized carbons (Fsp3) is 0.862. The van der Waals surface area contributed by atoms with Crippen molar-refractivity contribution < 1.29 is 24.5 Å². The van der Waals surface area contributed by atoms with Crippen LogP contribution in [0.25, 0.3) is 0 Å². The second kappa shape index (κ2) is 53.7. The van der Waals surface area contributed by atoms with Crippen molar-refractivity contribution in [3.05, 3.63) is 36.5 Å². The van der Waals surface area contributed by atoms with Gasteiger partial charge in [0.1, 0.15) is 0 Å². The molecule has 2 atom stereocenters. The zero-order valence-corrected chi connectivity index (χ0v) is 42.8. The van der Waals surface area contributed by atoms with E-state index in [1.54, 1.807) is 6.08 Å². The van der Waals surface area contributed by atoms with Gasteiger partial charge in [-0.05, 0) is 64.2 Å². The molecule has 0 fully saturated rings. The molecule has 0 bridgehead atoms. The summed E-state index contributed by atoms with van der Waals surface area (Å²) in [5.41, 5.74) is 0. The highest BCUT2D eigenvalue weighted by Gasteiger charge is 2.18. The van der Waals surface area contributed by atoms with Crippen LogP contribution in [0.15, 0.2) is 36.5 Å². The minimum Gasteiger partial charge on any atom is -0.466 e. The lowest BCUT2D eigenvalue weighted by Crippen LogP contribution is -2.45. The number of esters is 1. The van der Waals surface area contributed by atoms with Crippen LogP contribution in [0.4, 0.5) is 0 Å². The van der Waals surface area contributed by atoms with Gasteiger partial charge in [-0.15, -0.1) is 0 Å². The SMILES string of the molecule is CCCCCCCCCCC/C=C/C(O)C(CO)NC(=O)CCCCCCCCCCCC/C=C\C=C/CCCCCOC(=O)CCCCCCCCCCCCCCCCCCC. The van der Waals surface area contributed by atoms with Crippen molar-refractivity contribution in [2.45, 2.75) is 309 Å². The quantitative estimate of drug-likeness (QED) is 0.0245. The first kappa shape index (κ1) is 62.1. The number of nitrogens with one attached hydrogen (secondary N) is 1. The number of hydrogen-bond donors (Lipinski definition) is 3. The van der Waals surface area contributed by atoms with Crippen LogP contribution in [0.2, 0.25) is 0 Å². The fourth-order valence-electron chi connectivity index (χ4n) is 8.57. The normalized spacial score (nSPS) is 12.9. The largest absolute Gasteiger partial charge is 0.466 e. The molecule has 0 rings (SSSR count). The zero-order valence-electron chi connectivity index (χ0n) is 42.8. The Balaban J connectivity index is 3.47. The average Bonchev–Trinajstić information content (AvgIpc) is 3.29. The molecule has 1 amide bonds. The van der Waals surface area contributed by atoms with E-state index in [1.807, 2.05) is 6.08 Å². The molecule has 0 aromatic carbocycles. The summed E-state index contributed by atoms with van der Waals surface area (Å²) < 4.78 is 5.46. The van der Waals surface area contributed by atoms with Gasteiger partial charge in [0.15, 0.2) is 0 Å². The number of rotatable bonds is 52. The predicted molar refractivity (Wildman–Crippen MR) is 278 cm³/mol. The number of hydrogen-bond acceptors (Lipinski definition) is 5. The van der Waals surface area contributed by atoms with Gasteiger partial charge >= 0.3 is 5.97 Å². The number of carbonyl (C=O) groups is 2. The Kier molecular flexibility index (Phi) is 52.1. The van der Waals surface area contributed by atoms with Crippen molar-refractivity contribution in [1.82, 2.24) is 5.32 Å². The first-order valence-electron chi connectivity index (χ1n) is 28.3. The van der Waals surface area contributed by atoms with Gasteiger partial charge in [-0.3, -0.25) is 9.59 Å². The van der Waals surface area contributed by atoms with Crippen molar-refractivity contribution in [2.75, 3.05) is 13.2 Å². The minimum absolute atomic E-state index is 0.0106. The number of allylic oxidation sites excluding steroid dienone is 5. The number of carbonyl (C=O) groups excluding carboxylic acids is 2. The van der Waals surface area contributed by atoms with Gasteiger partial charge in [0.2, 0.25) is 5.91 Å². The summed E-state index contributed by atoms with van der Waals surface area (Å²) in [4.78, 5) is 24.5. The van der Waals surface area contributed by atoms with Gasteiger partial charge in [-0.1, -0.05) is 256 Å². The molecule has 6 heteroatoms. The maximum Gasteiger partial charge on any atom is 0.305 e. The Morgan fingerprint density at radius 2 is 0.766 bits per heavy atom. The van der Waals surface area contributed by atoms with E-state index in [9.17, 15) is 19.8 Å². The van der Waals surface area contributed by atoms with Gasteiger partial charge in [0.05, 0.1) is 25.4 Å². The summed E-state index contributed by atoms with van der Waals surface area (Å²) in [5.74, 6) is -0.0899. The summed E-state index contributed by atoms with van der Waals surface area (Å²) in [6.07, 6.45) is 66.0. The summed E-state index contributed by atoms with van der Waals surface area (Å²) in [5, 5.41) is 23.0. The molecule has 0 aromatic heterocycles. The van der Waals surface area contributed by atoms with E-state index < -0.39 is 12.1 Å². The molecular formula is C58H109NO5. The molecule has 0 spiro atoms. The van der Waals surface area contributed by atoms with Crippen LogP contribution in [0.5, 0.6) is 0 Å². The van der Waals surface area contributed by atoms with Crippen molar-refractivity contribution in [1.29, 1.82) is 0 Å². The van der Waals surface area contributed by atoms with E-state index in [2.05, 4.69) is 43.5 Å². The Bertz CT molecular complexity index is 1040. The highest BCUT2D eigenvalue weighted by molar-refractivity contribution is 5.76. The monoisotopic (exact) mass is 900 g/mol. The predicted octanol–water partition coefficient (Wildman–Crippen LogP) is 17.2. The van der Waals surface area contributed by atoms with E-state index >= 15 is 0 Å². The van der Waals surface area contributed by atoms with Crippen LogP contribution in [0.1, 0.15) is 296 Å². The number of aliphatic hydroxyl groups excluding tert-OH is 2. The summed E-state index contributed by atoms with van der Waals surface area (Å²) >= 11 is 0. The van der Waals surface area contributed by atoms with Gasteiger partial charge in [0, 0.05) is 12.8 Å². The van der Waals surface area contributed by atoms with E-state index in [1.165, 1.54) is 193 Å². The summed E-state index contributed by atoms with van der Waals surface area (Å²) in [6, 6.07) is -0.634. The van der Waals surface area contributed by atoms with E-state index in [0.717, 1.165) is 77.0 Å². The minimum atomic E-state index is -0.850. The summed E-state index contributed by atoms with van der Waals surface area (Å²) in [6.45, 7) is 4.86. The molecule has 6 nitrogen and oxygen atoms in total. The van der Waals surface area contributed by atoms with Crippen LogP contribution in [0, 0.1) is 0 Å². The topological polar surface area (TPSA) is 95.9 Å². The molecule has 2 unspecified atom stereocenters. The third-order valence-corrected chi connectivity index (χ3v) is 12.9. The molecule has 0 saturated heterocycles. The van der Waals surface area contributed by atoms with Crippen LogP contribution >= 0.6 is 0 Å². The third-order valence-electron chi connectivity index (χ3n) is 12.9. The molecular weight excluding hydrogens is 791 g/mol. The van der Waals surface area contributed by atoms with Crippen LogP contribution in [-0.2, 0) is 14.3 Å². The summed E-state index contributed by atoms with van der Waals surface area (Å²) in [7, 11) is 0. The molecule has 3 N–H and O–H groups in total. The van der Waals surface area contributed by atoms with Crippen molar-refractivity contribution in [3.8, 4) is 0 Å². The van der Waals surface area contributed by atoms with Crippen LogP contribution < -0.4 is 5.32 Å². The molecule has 376 valence electrons. The Hall–Kier alpha value is -1.92. The van der Waals surface area contributed by atoms with Gasteiger partial charge < -0.3 is 20.3 Å². The first-order valence-corrected chi connectivity index (χ1v) is 28.3. The zero-order chi connectivity index (χ0) is 46.5. The molecule has 0 aliphatic rings. The first-order chi connectivity index (χ1) is 31.5. The highest BCUT2D eigenvalue weighted by atomic mass is 16.5. The highest BCUT2D eigenvalue weighted by Crippen LogP contribution is 2.16. The Labute approximate surface area is 398 Å². The second-order valence-corrected chi connectivity index (χ2v) is 19.3. The average molecular weight is 901 g/mol. The number of unbranched alkanes of at least 4 members (excludes halogenated alkanes) is 38. The molecule has 64 heavy (non-hydrogen) atoms. The van der Waals surface area contributed by atoms with Gasteiger partial charge in [-0.25, -0.2) is 0 Å². The lowest BCUT2D eigenvalue weighted by Gasteiger charge is -2.20. The molecule has 0 heterocycles. The van der Waals surface area contributed by atoms with Crippen molar-refractivity contribution >= 4 is 11.9 Å². The number of amides is 1. The van der Waals surface area contributed by atoms with Gasteiger partial charge in [-0.2, -0.15) is 0 Å². The maximum absolute atomic E-state index is 12.4. The smallest absolute Gasteiger partial charge is 0.305 e.